The van der Waals surface area contributed by atoms with Crippen molar-refractivity contribution in [2.24, 2.45) is 0 Å². The highest BCUT2D eigenvalue weighted by molar-refractivity contribution is 7.16. The molecule has 2 aromatic heterocycles. The van der Waals surface area contributed by atoms with E-state index in [1.807, 2.05) is 11.6 Å². The second-order valence-corrected chi connectivity index (χ2v) is 4.05. The molecule has 1 N–H and O–H groups in total. The van der Waals surface area contributed by atoms with E-state index >= 15 is 0 Å². The Hall–Kier alpha value is -1.01. The first-order valence-corrected chi connectivity index (χ1v) is 5.51. The van der Waals surface area contributed by atoms with Crippen LogP contribution in [0.4, 0.5) is 0 Å². The number of hydrogen-bond acceptors (Lipinski definition) is 5. The quantitative estimate of drug-likeness (QED) is 0.800. The van der Waals surface area contributed by atoms with E-state index in [1.165, 1.54) is 0 Å². The zero-order valence-electron chi connectivity index (χ0n) is 8.32. The highest BCUT2D eigenvalue weighted by atomic mass is 32.1. The number of aromatic nitrogens is 4. The fraction of sp³-hybridized carbons (Fsp3) is 0.625. The van der Waals surface area contributed by atoms with Crippen LogP contribution in [0.1, 0.15) is 17.8 Å². The number of nitrogens with zero attached hydrogens (tertiary/aromatic N) is 4. The maximum absolute atomic E-state index is 4.45. The highest BCUT2D eigenvalue weighted by Gasteiger charge is 2.09. The van der Waals surface area contributed by atoms with E-state index in [4.69, 9.17) is 0 Å². The Morgan fingerprint density at radius 3 is 3.00 bits per heavy atom. The SMILES string of the molecule is CCc1nnc2sc(CCNC)nn12. The van der Waals surface area contributed by atoms with Gasteiger partial charge in [-0.1, -0.05) is 18.3 Å². The van der Waals surface area contributed by atoms with Gasteiger partial charge in [0, 0.05) is 19.4 Å². The van der Waals surface area contributed by atoms with Crippen molar-refractivity contribution < 1.29 is 0 Å². The molecule has 0 aromatic carbocycles. The summed E-state index contributed by atoms with van der Waals surface area (Å²) in [5.41, 5.74) is 0. The molecule has 0 saturated carbocycles. The Balaban J connectivity index is 2.28. The number of rotatable bonds is 4. The molecule has 0 atom stereocenters. The van der Waals surface area contributed by atoms with Crippen LogP contribution in [0.2, 0.25) is 0 Å². The summed E-state index contributed by atoms with van der Waals surface area (Å²) in [7, 11) is 1.94. The first kappa shape index (κ1) is 9.54. The first-order valence-electron chi connectivity index (χ1n) is 4.69. The Bertz CT molecular complexity index is 418. The molecule has 0 saturated heterocycles. The molecule has 0 aliphatic rings. The predicted octanol–water partition coefficient (Wildman–Crippen LogP) is 0.510. The molecule has 14 heavy (non-hydrogen) atoms. The fourth-order valence-electron chi connectivity index (χ4n) is 1.25. The van der Waals surface area contributed by atoms with Crippen molar-refractivity contribution in [2.75, 3.05) is 13.6 Å². The van der Waals surface area contributed by atoms with Crippen LogP contribution < -0.4 is 5.32 Å². The highest BCUT2D eigenvalue weighted by Crippen LogP contribution is 2.14. The largest absolute Gasteiger partial charge is 0.319 e. The molecule has 0 radical (unpaired) electrons. The topological polar surface area (TPSA) is 55.1 Å². The lowest BCUT2D eigenvalue weighted by Crippen LogP contribution is -2.10. The summed E-state index contributed by atoms with van der Waals surface area (Å²) in [6.45, 7) is 3.01. The number of aryl methyl sites for hydroxylation is 1. The lowest BCUT2D eigenvalue weighted by atomic mass is 10.4. The minimum Gasteiger partial charge on any atom is -0.319 e. The Morgan fingerprint density at radius 2 is 2.29 bits per heavy atom. The minimum absolute atomic E-state index is 0.871. The van der Waals surface area contributed by atoms with Gasteiger partial charge in [0.25, 0.3) is 0 Å². The summed E-state index contributed by atoms with van der Waals surface area (Å²) in [5, 5.41) is 16.8. The van der Waals surface area contributed by atoms with Gasteiger partial charge in [0.1, 0.15) is 5.01 Å². The zero-order valence-corrected chi connectivity index (χ0v) is 9.13. The van der Waals surface area contributed by atoms with Gasteiger partial charge in [0.15, 0.2) is 5.82 Å². The van der Waals surface area contributed by atoms with Crippen LogP contribution in [0.3, 0.4) is 0 Å². The lowest BCUT2D eigenvalue weighted by molar-refractivity contribution is 0.756. The third-order valence-corrected chi connectivity index (χ3v) is 2.96. The van der Waals surface area contributed by atoms with Gasteiger partial charge in [-0.05, 0) is 7.05 Å². The molecule has 2 rings (SSSR count). The summed E-state index contributed by atoms with van der Waals surface area (Å²) < 4.78 is 1.84. The lowest BCUT2D eigenvalue weighted by Gasteiger charge is -1.92. The minimum atomic E-state index is 0.871. The van der Waals surface area contributed by atoms with E-state index < -0.39 is 0 Å². The average Bonchev–Trinajstić information content (AvgIpc) is 2.73. The van der Waals surface area contributed by atoms with Gasteiger partial charge in [0.05, 0.1) is 0 Å². The molecule has 2 aromatic rings. The molecule has 0 spiro atoms. The van der Waals surface area contributed by atoms with E-state index in [2.05, 4.69) is 27.5 Å². The smallest absolute Gasteiger partial charge is 0.234 e. The van der Waals surface area contributed by atoms with Crippen LogP contribution in [-0.4, -0.2) is 33.4 Å². The van der Waals surface area contributed by atoms with Crippen molar-refractivity contribution in [3.63, 3.8) is 0 Å². The average molecular weight is 211 g/mol. The van der Waals surface area contributed by atoms with Crippen molar-refractivity contribution >= 4 is 16.3 Å². The third-order valence-electron chi connectivity index (χ3n) is 2.00. The van der Waals surface area contributed by atoms with Gasteiger partial charge in [-0.3, -0.25) is 0 Å². The van der Waals surface area contributed by atoms with Gasteiger partial charge < -0.3 is 5.32 Å². The molecule has 0 fully saturated rings. The van der Waals surface area contributed by atoms with Gasteiger partial charge in [-0.2, -0.15) is 9.61 Å². The number of fused-ring (bicyclic) bond motifs is 1. The third kappa shape index (κ3) is 1.62. The second-order valence-electron chi connectivity index (χ2n) is 3.01. The molecular formula is C8H13N5S. The monoisotopic (exact) mass is 211 g/mol. The van der Waals surface area contributed by atoms with Gasteiger partial charge in [-0.25, -0.2) is 0 Å². The molecule has 0 aliphatic heterocycles. The predicted molar refractivity (Wildman–Crippen MR) is 55.7 cm³/mol. The maximum atomic E-state index is 4.45. The van der Waals surface area contributed by atoms with E-state index in [0.29, 0.717) is 0 Å². The van der Waals surface area contributed by atoms with Gasteiger partial charge in [-0.15, -0.1) is 10.2 Å². The fourth-order valence-corrected chi connectivity index (χ4v) is 2.10. The van der Waals surface area contributed by atoms with Crippen molar-refractivity contribution in [1.82, 2.24) is 25.1 Å². The van der Waals surface area contributed by atoms with E-state index in [9.17, 15) is 0 Å². The van der Waals surface area contributed by atoms with Crippen LogP contribution >= 0.6 is 11.3 Å². The molecule has 0 amide bonds. The van der Waals surface area contributed by atoms with E-state index in [1.54, 1.807) is 11.3 Å². The van der Waals surface area contributed by atoms with Crippen LogP contribution in [0, 0.1) is 0 Å². The molecule has 0 bridgehead atoms. The second kappa shape index (κ2) is 4.02. The van der Waals surface area contributed by atoms with Gasteiger partial charge in [0.2, 0.25) is 4.96 Å². The van der Waals surface area contributed by atoms with Crippen molar-refractivity contribution in [2.45, 2.75) is 19.8 Å². The normalized spacial score (nSPS) is 11.3. The standard InChI is InChI=1S/C8H13N5S/c1-3-6-10-11-8-13(6)12-7(14-8)4-5-9-2/h9H,3-5H2,1-2H3. The van der Waals surface area contributed by atoms with Crippen LogP contribution in [-0.2, 0) is 12.8 Å². The molecule has 5 nitrogen and oxygen atoms in total. The summed E-state index contributed by atoms with van der Waals surface area (Å²) >= 11 is 1.61. The van der Waals surface area contributed by atoms with Crippen molar-refractivity contribution in [3.8, 4) is 0 Å². The molecule has 2 heterocycles. The first-order chi connectivity index (χ1) is 6.85. The van der Waals surface area contributed by atoms with Gasteiger partial charge >= 0.3 is 0 Å². The molecule has 6 heteroatoms. The van der Waals surface area contributed by atoms with Crippen LogP contribution in [0.15, 0.2) is 0 Å². The van der Waals surface area contributed by atoms with Crippen molar-refractivity contribution in [1.29, 1.82) is 0 Å². The summed E-state index contributed by atoms with van der Waals surface area (Å²) in [6, 6.07) is 0. The van der Waals surface area contributed by atoms with Crippen LogP contribution in [0.5, 0.6) is 0 Å². The molecule has 76 valence electrons. The summed E-state index contributed by atoms with van der Waals surface area (Å²) in [5.74, 6) is 0.937. The van der Waals surface area contributed by atoms with Crippen molar-refractivity contribution in [3.05, 3.63) is 10.8 Å². The summed E-state index contributed by atoms with van der Waals surface area (Å²) in [6.07, 6.45) is 1.82. The Labute approximate surface area is 86.2 Å². The maximum Gasteiger partial charge on any atom is 0.234 e. The van der Waals surface area contributed by atoms with Crippen LogP contribution in [0.25, 0.3) is 4.96 Å². The molecule has 0 unspecified atom stereocenters. The molecular weight excluding hydrogens is 198 g/mol. The van der Waals surface area contributed by atoms with E-state index in [-0.39, 0.29) is 0 Å². The summed E-state index contributed by atoms with van der Waals surface area (Å²) in [4.78, 5) is 0.896. The van der Waals surface area contributed by atoms with E-state index in [0.717, 1.165) is 35.2 Å². The Kier molecular flexibility index (Phi) is 2.74. The number of hydrogen-bond donors (Lipinski definition) is 1. The number of nitrogens with one attached hydrogen (secondary N) is 1. The molecule has 0 aliphatic carbocycles. The Morgan fingerprint density at radius 1 is 1.43 bits per heavy atom. The zero-order chi connectivity index (χ0) is 9.97. The number of likely N-dealkylation sites (N-methyl/N-ethyl adjacent to an activating group) is 1.